The van der Waals surface area contributed by atoms with Crippen LogP contribution in [0.1, 0.15) is 30.0 Å². The van der Waals surface area contributed by atoms with E-state index in [1.54, 1.807) is 43.3 Å². The Bertz CT molecular complexity index is 1380. The second-order valence-electron chi connectivity index (χ2n) is 6.97. The first-order chi connectivity index (χ1) is 14.9. The van der Waals surface area contributed by atoms with Crippen LogP contribution in [0.15, 0.2) is 74.5 Å². The molecule has 1 aliphatic rings. The van der Waals surface area contributed by atoms with Crippen LogP contribution in [0.4, 0.5) is 0 Å². The first-order valence-electron chi connectivity index (χ1n) is 9.51. The molecule has 0 bridgehead atoms. The molecule has 1 aliphatic heterocycles. The number of rotatable bonds is 5. The van der Waals surface area contributed by atoms with Gasteiger partial charge in [0, 0.05) is 11.1 Å². The number of furan rings is 1. The molecule has 0 spiro atoms. The van der Waals surface area contributed by atoms with E-state index in [2.05, 4.69) is 11.6 Å². The lowest BCUT2D eigenvalue weighted by molar-refractivity contribution is -0.138. The Morgan fingerprint density at radius 3 is 2.68 bits per heavy atom. The van der Waals surface area contributed by atoms with Crippen molar-refractivity contribution < 1.29 is 13.9 Å². The summed E-state index contributed by atoms with van der Waals surface area (Å²) in [5.74, 6) is 0.783. The van der Waals surface area contributed by atoms with Gasteiger partial charge >= 0.3 is 5.97 Å². The fourth-order valence-electron chi connectivity index (χ4n) is 3.42. The van der Waals surface area contributed by atoms with Gasteiger partial charge in [0.2, 0.25) is 0 Å². The SMILES string of the molecule is C=CCOC(=O)C1=C(C)N=c2sc(=Cc3ccc(C)o3)c(=O)n2C1c1ccc(Cl)cc1. The van der Waals surface area contributed by atoms with Gasteiger partial charge in [-0.2, -0.15) is 0 Å². The fraction of sp³-hybridized carbons (Fsp3) is 0.174. The topological polar surface area (TPSA) is 73.8 Å². The van der Waals surface area contributed by atoms with Gasteiger partial charge in [0.25, 0.3) is 5.56 Å². The normalized spacial score (nSPS) is 16.1. The number of aryl methyl sites for hydroxylation is 1. The Morgan fingerprint density at radius 2 is 2.03 bits per heavy atom. The maximum absolute atomic E-state index is 13.4. The number of ether oxygens (including phenoxy) is 1. The molecule has 4 rings (SSSR count). The molecule has 0 fully saturated rings. The third-order valence-corrected chi connectivity index (χ3v) is 6.03. The number of carbonyl (C=O) groups is 1. The summed E-state index contributed by atoms with van der Waals surface area (Å²) in [5, 5.41) is 0.556. The number of aromatic nitrogens is 1. The Labute approximate surface area is 187 Å². The number of thiazole rings is 1. The van der Waals surface area contributed by atoms with Gasteiger partial charge in [0.1, 0.15) is 18.1 Å². The van der Waals surface area contributed by atoms with Gasteiger partial charge in [-0.15, -0.1) is 0 Å². The molecule has 0 N–H and O–H groups in total. The minimum atomic E-state index is -0.689. The maximum atomic E-state index is 13.4. The van der Waals surface area contributed by atoms with Crippen molar-refractivity contribution in [3.63, 3.8) is 0 Å². The Morgan fingerprint density at radius 1 is 1.29 bits per heavy atom. The molecule has 3 heterocycles. The Hall–Kier alpha value is -3.16. The number of allylic oxidation sites excluding steroid dienone is 1. The van der Waals surface area contributed by atoms with Gasteiger partial charge in [-0.25, -0.2) is 9.79 Å². The fourth-order valence-corrected chi connectivity index (χ4v) is 4.57. The van der Waals surface area contributed by atoms with Crippen LogP contribution >= 0.6 is 22.9 Å². The summed E-state index contributed by atoms with van der Waals surface area (Å²) < 4.78 is 12.9. The summed E-state index contributed by atoms with van der Waals surface area (Å²) in [7, 11) is 0. The molecular weight excluding hydrogens is 436 g/mol. The van der Waals surface area contributed by atoms with Crippen LogP contribution in [-0.2, 0) is 9.53 Å². The molecule has 1 atom stereocenters. The van der Waals surface area contributed by atoms with Crippen molar-refractivity contribution in [3.05, 3.63) is 102 Å². The summed E-state index contributed by atoms with van der Waals surface area (Å²) in [6.45, 7) is 7.22. The molecule has 1 aromatic carbocycles. The molecule has 31 heavy (non-hydrogen) atoms. The quantitative estimate of drug-likeness (QED) is 0.436. The summed E-state index contributed by atoms with van der Waals surface area (Å²) in [4.78, 5) is 31.3. The van der Waals surface area contributed by atoms with Gasteiger partial charge in [0.15, 0.2) is 4.80 Å². The highest BCUT2D eigenvalue weighted by molar-refractivity contribution is 7.07. The highest BCUT2D eigenvalue weighted by Crippen LogP contribution is 2.31. The number of fused-ring (bicyclic) bond motifs is 1. The average molecular weight is 455 g/mol. The van der Waals surface area contributed by atoms with E-state index in [9.17, 15) is 9.59 Å². The van der Waals surface area contributed by atoms with Gasteiger partial charge in [-0.3, -0.25) is 9.36 Å². The largest absolute Gasteiger partial charge is 0.462 e. The number of carbonyl (C=O) groups excluding carboxylic acids is 1. The Kier molecular flexibility index (Phi) is 5.80. The summed E-state index contributed by atoms with van der Waals surface area (Å²) in [6.07, 6.45) is 3.18. The van der Waals surface area contributed by atoms with Crippen LogP contribution in [-0.4, -0.2) is 17.1 Å². The van der Waals surface area contributed by atoms with E-state index in [0.29, 0.717) is 31.4 Å². The number of halogens is 1. The summed E-state index contributed by atoms with van der Waals surface area (Å²) in [6, 6.07) is 9.97. The lowest BCUT2D eigenvalue weighted by Gasteiger charge is -2.24. The number of hydrogen-bond acceptors (Lipinski definition) is 6. The molecule has 6 nitrogen and oxygen atoms in total. The second kappa shape index (κ2) is 8.53. The van der Waals surface area contributed by atoms with Crippen molar-refractivity contribution >= 4 is 35.0 Å². The van der Waals surface area contributed by atoms with Crippen molar-refractivity contribution in [2.24, 2.45) is 4.99 Å². The first kappa shape index (κ1) is 21.1. The molecule has 0 aliphatic carbocycles. The molecule has 0 radical (unpaired) electrons. The van der Waals surface area contributed by atoms with Crippen LogP contribution in [0.3, 0.4) is 0 Å². The number of nitrogens with zero attached hydrogens (tertiary/aromatic N) is 2. The standard InChI is InChI=1S/C23H19ClN2O4S/c1-4-11-29-22(28)19-14(3)25-23-26(20(19)15-6-8-16(24)9-7-15)21(27)18(31-23)12-17-10-5-13(2)30-17/h4-10,12,20H,1,11H2,2-3H3. The van der Waals surface area contributed by atoms with Crippen molar-refractivity contribution in [2.75, 3.05) is 6.61 Å². The predicted molar refractivity (Wildman–Crippen MR) is 120 cm³/mol. The average Bonchev–Trinajstić information content (AvgIpc) is 3.28. The molecule has 0 saturated carbocycles. The number of esters is 1. The van der Waals surface area contributed by atoms with E-state index in [1.807, 2.05) is 13.0 Å². The Balaban J connectivity index is 1.93. The zero-order valence-corrected chi connectivity index (χ0v) is 18.5. The molecule has 3 aromatic rings. The van der Waals surface area contributed by atoms with Crippen LogP contribution in [0, 0.1) is 6.92 Å². The van der Waals surface area contributed by atoms with Gasteiger partial charge in [-0.1, -0.05) is 47.7 Å². The van der Waals surface area contributed by atoms with Gasteiger partial charge in [-0.05, 0) is 43.7 Å². The zero-order valence-electron chi connectivity index (χ0n) is 16.9. The van der Waals surface area contributed by atoms with Crippen molar-refractivity contribution in [1.29, 1.82) is 0 Å². The molecule has 0 amide bonds. The van der Waals surface area contributed by atoms with Crippen molar-refractivity contribution in [1.82, 2.24) is 4.57 Å². The van der Waals surface area contributed by atoms with Gasteiger partial charge < -0.3 is 9.15 Å². The van der Waals surface area contributed by atoms with E-state index in [4.69, 9.17) is 20.8 Å². The van der Waals surface area contributed by atoms with E-state index in [1.165, 1.54) is 22.0 Å². The first-order valence-corrected chi connectivity index (χ1v) is 10.7. The highest BCUT2D eigenvalue weighted by Gasteiger charge is 2.33. The lowest BCUT2D eigenvalue weighted by Crippen LogP contribution is -2.39. The third-order valence-electron chi connectivity index (χ3n) is 4.79. The third kappa shape index (κ3) is 4.06. The van der Waals surface area contributed by atoms with Crippen LogP contribution in [0.2, 0.25) is 5.02 Å². The number of benzene rings is 1. The molecule has 8 heteroatoms. The highest BCUT2D eigenvalue weighted by atomic mass is 35.5. The summed E-state index contributed by atoms with van der Waals surface area (Å²) >= 11 is 7.30. The molecule has 1 unspecified atom stereocenters. The molecule has 158 valence electrons. The van der Waals surface area contributed by atoms with Crippen LogP contribution in [0.25, 0.3) is 6.08 Å². The zero-order chi connectivity index (χ0) is 22.1. The smallest absolute Gasteiger partial charge is 0.338 e. The predicted octanol–water partition coefficient (Wildman–Crippen LogP) is 3.52. The molecular formula is C23H19ClN2O4S. The number of hydrogen-bond donors (Lipinski definition) is 0. The van der Waals surface area contributed by atoms with Crippen molar-refractivity contribution in [3.8, 4) is 0 Å². The van der Waals surface area contributed by atoms with Crippen LogP contribution < -0.4 is 14.9 Å². The lowest BCUT2D eigenvalue weighted by atomic mass is 9.96. The van der Waals surface area contributed by atoms with E-state index < -0.39 is 12.0 Å². The van der Waals surface area contributed by atoms with E-state index in [0.717, 1.165) is 11.3 Å². The maximum Gasteiger partial charge on any atom is 0.338 e. The monoisotopic (exact) mass is 454 g/mol. The van der Waals surface area contributed by atoms with E-state index >= 15 is 0 Å². The minimum absolute atomic E-state index is 0.0607. The van der Waals surface area contributed by atoms with Crippen LogP contribution in [0.5, 0.6) is 0 Å². The van der Waals surface area contributed by atoms with E-state index in [-0.39, 0.29) is 12.2 Å². The summed E-state index contributed by atoms with van der Waals surface area (Å²) in [5.41, 5.74) is 1.26. The minimum Gasteiger partial charge on any atom is -0.462 e. The second-order valence-corrected chi connectivity index (χ2v) is 8.41. The van der Waals surface area contributed by atoms with Gasteiger partial charge in [0.05, 0.1) is 21.8 Å². The molecule has 0 saturated heterocycles. The molecule has 2 aromatic heterocycles. The van der Waals surface area contributed by atoms with Crippen molar-refractivity contribution in [2.45, 2.75) is 19.9 Å².